The summed E-state index contributed by atoms with van der Waals surface area (Å²) in [6.07, 6.45) is 2.11. The zero-order chi connectivity index (χ0) is 26.8. The van der Waals surface area contributed by atoms with Gasteiger partial charge in [0, 0.05) is 25.2 Å². The number of likely N-dealkylation sites (tertiary alicyclic amines) is 1. The standard InChI is InChI=1S/C30H36N2O6/c1-4-36-24-16-19-13-15-32-27(23(19)17-25(24)37-5-2)26(21-11-7-8-12-22(21)28(32)33)29(34)31-14-9-10-20(18-31)30(35)38-6-3/h7-8,11-12,16-17,20,26-27H,4-6,9-10,13-15,18H2,1-3H3/t20-,26-,27+/m1/s1. The molecule has 202 valence electrons. The summed E-state index contributed by atoms with van der Waals surface area (Å²) in [6, 6.07) is 10.9. The molecule has 1 saturated heterocycles. The number of carbonyl (C=O) groups is 3. The number of fused-ring (bicyclic) bond motifs is 4. The van der Waals surface area contributed by atoms with Crippen LogP contribution in [0.5, 0.6) is 11.5 Å². The molecule has 2 amide bonds. The van der Waals surface area contributed by atoms with E-state index in [0.29, 0.717) is 69.4 Å². The highest BCUT2D eigenvalue weighted by molar-refractivity contribution is 6.01. The van der Waals surface area contributed by atoms with Crippen LogP contribution >= 0.6 is 0 Å². The van der Waals surface area contributed by atoms with Crippen molar-refractivity contribution in [1.29, 1.82) is 0 Å². The number of ether oxygens (including phenoxy) is 3. The maximum absolute atomic E-state index is 14.4. The summed E-state index contributed by atoms with van der Waals surface area (Å²) in [5, 5.41) is 0. The summed E-state index contributed by atoms with van der Waals surface area (Å²) in [5.41, 5.74) is 3.29. The number of hydrogen-bond donors (Lipinski definition) is 0. The van der Waals surface area contributed by atoms with Crippen LogP contribution in [-0.4, -0.2) is 67.0 Å². The molecule has 3 atom stereocenters. The fourth-order valence-electron chi connectivity index (χ4n) is 6.16. The molecule has 0 aliphatic carbocycles. The van der Waals surface area contributed by atoms with E-state index in [2.05, 4.69) is 0 Å². The second-order valence-corrected chi connectivity index (χ2v) is 10.00. The Kier molecular flexibility index (Phi) is 7.58. The Balaban J connectivity index is 1.59. The van der Waals surface area contributed by atoms with Gasteiger partial charge < -0.3 is 24.0 Å². The highest BCUT2D eigenvalue weighted by Crippen LogP contribution is 2.49. The normalized spacial score (nSPS) is 22.2. The minimum Gasteiger partial charge on any atom is -0.490 e. The highest BCUT2D eigenvalue weighted by Gasteiger charge is 2.48. The smallest absolute Gasteiger partial charge is 0.310 e. The number of nitrogens with zero attached hydrogens (tertiary/aromatic N) is 2. The Morgan fingerprint density at radius 2 is 1.68 bits per heavy atom. The fraction of sp³-hybridized carbons (Fsp3) is 0.500. The molecule has 38 heavy (non-hydrogen) atoms. The van der Waals surface area contributed by atoms with E-state index in [1.165, 1.54) is 0 Å². The molecule has 0 saturated carbocycles. The zero-order valence-electron chi connectivity index (χ0n) is 22.4. The highest BCUT2D eigenvalue weighted by atomic mass is 16.5. The van der Waals surface area contributed by atoms with E-state index >= 15 is 0 Å². The predicted octanol–water partition coefficient (Wildman–Crippen LogP) is 4.12. The monoisotopic (exact) mass is 520 g/mol. The summed E-state index contributed by atoms with van der Waals surface area (Å²) >= 11 is 0. The van der Waals surface area contributed by atoms with Crippen molar-refractivity contribution in [2.75, 3.05) is 39.5 Å². The molecule has 3 aliphatic rings. The maximum atomic E-state index is 14.4. The molecule has 0 unspecified atom stereocenters. The number of carbonyl (C=O) groups excluding carboxylic acids is 3. The van der Waals surface area contributed by atoms with Crippen molar-refractivity contribution in [2.45, 2.75) is 52.0 Å². The summed E-state index contributed by atoms with van der Waals surface area (Å²) in [5.74, 6) is 0.00747. The van der Waals surface area contributed by atoms with Crippen LogP contribution < -0.4 is 9.47 Å². The van der Waals surface area contributed by atoms with Crippen molar-refractivity contribution in [3.05, 3.63) is 58.7 Å². The van der Waals surface area contributed by atoms with E-state index < -0.39 is 12.0 Å². The number of benzene rings is 2. The molecule has 8 heteroatoms. The first-order valence-corrected chi connectivity index (χ1v) is 13.8. The third-order valence-electron chi connectivity index (χ3n) is 7.80. The van der Waals surface area contributed by atoms with Crippen LogP contribution in [0.15, 0.2) is 36.4 Å². The third-order valence-corrected chi connectivity index (χ3v) is 7.80. The van der Waals surface area contributed by atoms with Gasteiger partial charge >= 0.3 is 5.97 Å². The van der Waals surface area contributed by atoms with E-state index in [4.69, 9.17) is 14.2 Å². The summed E-state index contributed by atoms with van der Waals surface area (Å²) in [6.45, 7) is 8.38. The average molecular weight is 521 g/mol. The van der Waals surface area contributed by atoms with E-state index in [1.807, 2.05) is 55.1 Å². The summed E-state index contributed by atoms with van der Waals surface area (Å²) < 4.78 is 17.1. The molecule has 2 aromatic carbocycles. The van der Waals surface area contributed by atoms with Crippen LogP contribution in [0.4, 0.5) is 0 Å². The molecule has 5 rings (SSSR count). The molecule has 0 N–H and O–H groups in total. The van der Waals surface area contributed by atoms with Crippen molar-refractivity contribution in [3.63, 3.8) is 0 Å². The quantitative estimate of drug-likeness (QED) is 0.511. The van der Waals surface area contributed by atoms with Crippen molar-refractivity contribution in [3.8, 4) is 11.5 Å². The van der Waals surface area contributed by atoms with Crippen LogP contribution in [0.3, 0.4) is 0 Å². The molecule has 2 aromatic rings. The summed E-state index contributed by atoms with van der Waals surface area (Å²) in [7, 11) is 0. The van der Waals surface area contributed by atoms with Crippen LogP contribution in [0.25, 0.3) is 0 Å². The second kappa shape index (κ2) is 11.1. The fourth-order valence-corrected chi connectivity index (χ4v) is 6.16. The molecular formula is C30H36N2O6. The van der Waals surface area contributed by atoms with Gasteiger partial charge in [0.2, 0.25) is 5.91 Å². The van der Waals surface area contributed by atoms with E-state index in [-0.39, 0.29) is 23.7 Å². The van der Waals surface area contributed by atoms with Gasteiger partial charge in [0.05, 0.1) is 37.7 Å². The number of hydrogen-bond acceptors (Lipinski definition) is 6. The molecule has 8 nitrogen and oxygen atoms in total. The number of amides is 2. The van der Waals surface area contributed by atoms with E-state index in [9.17, 15) is 14.4 Å². The third kappa shape index (κ3) is 4.61. The maximum Gasteiger partial charge on any atom is 0.310 e. The lowest BCUT2D eigenvalue weighted by atomic mass is 9.75. The molecular weight excluding hydrogens is 484 g/mol. The van der Waals surface area contributed by atoms with Crippen LogP contribution in [0.1, 0.15) is 72.6 Å². The molecule has 0 bridgehead atoms. The lowest BCUT2D eigenvalue weighted by molar-refractivity contribution is -0.151. The lowest BCUT2D eigenvalue weighted by Crippen LogP contribution is -2.52. The Labute approximate surface area is 223 Å². The Bertz CT molecular complexity index is 1230. The van der Waals surface area contributed by atoms with Gasteiger partial charge in [0.15, 0.2) is 11.5 Å². The van der Waals surface area contributed by atoms with Crippen molar-refractivity contribution < 1.29 is 28.6 Å². The molecule has 3 heterocycles. The first-order chi connectivity index (χ1) is 18.5. The van der Waals surface area contributed by atoms with Crippen molar-refractivity contribution in [1.82, 2.24) is 9.80 Å². The van der Waals surface area contributed by atoms with Gasteiger partial charge in [-0.15, -0.1) is 0 Å². The van der Waals surface area contributed by atoms with Gasteiger partial charge in [0.25, 0.3) is 5.91 Å². The molecule has 0 spiro atoms. The van der Waals surface area contributed by atoms with Crippen molar-refractivity contribution >= 4 is 17.8 Å². The molecule has 0 aromatic heterocycles. The first kappa shape index (κ1) is 26.1. The van der Waals surface area contributed by atoms with Gasteiger partial charge in [-0.3, -0.25) is 14.4 Å². The van der Waals surface area contributed by atoms with E-state index in [0.717, 1.165) is 23.1 Å². The summed E-state index contributed by atoms with van der Waals surface area (Å²) in [4.78, 5) is 44.2. The minimum absolute atomic E-state index is 0.0600. The SMILES string of the molecule is CCOC(=O)[C@@H]1CCCN(C(=O)[C@@H]2c3ccccc3C(=O)N3CCc4cc(OCC)c(OCC)cc4[C@@H]23)C1. The number of esters is 1. The van der Waals surface area contributed by atoms with Crippen LogP contribution in [-0.2, 0) is 20.7 Å². The second-order valence-electron chi connectivity index (χ2n) is 10.00. The molecule has 0 radical (unpaired) electrons. The van der Waals surface area contributed by atoms with Gasteiger partial charge in [-0.1, -0.05) is 18.2 Å². The first-order valence-electron chi connectivity index (χ1n) is 13.8. The topological polar surface area (TPSA) is 85.4 Å². The largest absolute Gasteiger partial charge is 0.490 e. The molecule has 3 aliphatic heterocycles. The zero-order valence-corrected chi connectivity index (χ0v) is 22.4. The van der Waals surface area contributed by atoms with Gasteiger partial charge in [-0.2, -0.15) is 0 Å². The van der Waals surface area contributed by atoms with Crippen LogP contribution in [0, 0.1) is 5.92 Å². The van der Waals surface area contributed by atoms with Crippen LogP contribution in [0.2, 0.25) is 0 Å². The van der Waals surface area contributed by atoms with Gasteiger partial charge in [-0.05, 0) is 74.9 Å². The predicted molar refractivity (Wildman–Crippen MR) is 141 cm³/mol. The van der Waals surface area contributed by atoms with Gasteiger partial charge in [-0.25, -0.2) is 0 Å². The minimum atomic E-state index is -0.587. The number of rotatable bonds is 7. The Morgan fingerprint density at radius 1 is 0.947 bits per heavy atom. The van der Waals surface area contributed by atoms with E-state index in [1.54, 1.807) is 11.8 Å². The van der Waals surface area contributed by atoms with Crippen molar-refractivity contribution in [2.24, 2.45) is 5.92 Å². The Hall–Kier alpha value is -3.55. The Morgan fingerprint density at radius 3 is 2.42 bits per heavy atom. The van der Waals surface area contributed by atoms with Gasteiger partial charge in [0.1, 0.15) is 0 Å². The number of piperidine rings is 1. The molecule has 1 fully saturated rings. The lowest BCUT2D eigenvalue weighted by Gasteiger charge is -2.47. The average Bonchev–Trinajstić information content (AvgIpc) is 2.94.